The summed E-state index contributed by atoms with van der Waals surface area (Å²) < 4.78 is 11.8. The number of phenols is 1. The van der Waals surface area contributed by atoms with Gasteiger partial charge in [-0.2, -0.15) is 0 Å². The molecule has 2 saturated heterocycles. The third-order valence-electron chi connectivity index (χ3n) is 7.86. The summed E-state index contributed by atoms with van der Waals surface area (Å²) in [4.78, 5) is 28.4. The summed E-state index contributed by atoms with van der Waals surface area (Å²) in [6, 6.07) is 13.3. The molecule has 0 spiro atoms. The van der Waals surface area contributed by atoms with Gasteiger partial charge >= 0.3 is 7.12 Å². The van der Waals surface area contributed by atoms with E-state index in [4.69, 9.17) is 9.47 Å². The lowest BCUT2D eigenvalue weighted by Gasteiger charge is -2.31. The summed E-state index contributed by atoms with van der Waals surface area (Å²) >= 11 is 0. The highest BCUT2D eigenvalue weighted by Crippen LogP contribution is 2.50. The van der Waals surface area contributed by atoms with Gasteiger partial charge in [-0.15, -0.1) is 0 Å². The topological polar surface area (TPSA) is 117 Å². The maximum atomic E-state index is 13.7. The van der Waals surface area contributed by atoms with Crippen LogP contribution in [0.15, 0.2) is 65.3 Å². The van der Waals surface area contributed by atoms with E-state index in [-0.39, 0.29) is 35.0 Å². The van der Waals surface area contributed by atoms with Crippen molar-refractivity contribution in [1.82, 2.24) is 0 Å². The number of aromatic hydroxyl groups is 1. The Bertz CT molecular complexity index is 1290. The van der Waals surface area contributed by atoms with Gasteiger partial charge in [0.25, 0.3) is 0 Å². The molecule has 198 valence electrons. The normalized spacial score (nSPS) is 25.2. The maximum absolute atomic E-state index is 13.7. The zero-order chi connectivity index (χ0) is 27.0. The number of anilines is 1. The Labute approximate surface area is 222 Å². The van der Waals surface area contributed by atoms with E-state index in [2.05, 4.69) is 13.0 Å². The van der Waals surface area contributed by atoms with Crippen LogP contribution in [-0.2, 0) is 19.1 Å². The van der Waals surface area contributed by atoms with Crippen molar-refractivity contribution >= 4 is 36.2 Å². The van der Waals surface area contributed by atoms with Crippen molar-refractivity contribution in [3.05, 3.63) is 70.8 Å². The van der Waals surface area contributed by atoms with Crippen LogP contribution in [0.1, 0.15) is 31.7 Å². The van der Waals surface area contributed by atoms with Crippen LogP contribution in [0.3, 0.4) is 0 Å². The number of fused-ring (bicyclic) bond motifs is 3. The lowest BCUT2D eigenvalue weighted by molar-refractivity contribution is -0.122. The number of amides is 2. The molecule has 0 radical (unpaired) electrons. The molecule has 38 heavy (non-hydrogen) atoms. The summed E-state index contributed by atoms with van der Waals surface area (Å²) in [7, 11) is -0.0639. The van der Waals surface area contributed by atoms with Crippen molar-refractivity contribution in [2.45, 2.75) is 32.3 Å². The largest absolute Gasteiger partial charge is 0.508 e. The molecule has 8 nitrogen and oxygen atoms in total. The molecule has 3 N–H and O–H groups in total. The summed E-state index contributed by atoms with van der Waals surface area (Å²) in [5.41, 5.74) is 4.88. The molecule has 0 unspecified atom stereocenters. The number of methoxy groups -OCH3 is 1. The zero-order valence-corrected chi connectivity index (χ0v) is 21.5. The quantitative estimate of drug-likeness (QED) is 0.280. The van der Waals surface area contributed by atoms with Crippen molar-refractivity contribution in [3.8, 4) is 5.75 Å². The number of imide groups is 1. The fraction of sp³-hybridized carbons (Fsp3) is 0.379. The van der Waals surface area contributed by atoms with E-state index in [1.807, 2.05) is 12.1 Å². The molecule has 9 heteroatoms. The van der Waals surface area contributed by atoms with Gasteiger partial charge in [0.1, 0.15) is 5.75 Å². The van der Waals surface area contributed by atoms with E-state index in [1.165, 1.54) is 22.6 Å². The Balaban J connectivity index is 1.37. The molecular weight excluding hydrogens is 485 g/mol. The van der Waals surface area contributed by atoms with E-state index >= 15 is 0 Å². The maximum Gasteiger partial charge on any atom is 0.488 e. The standard InChI is InChI=1S/C29H32BNO7/c1-17(12-18-7-9-22(32)10-8-18)6-11-25-26-19(15-37-2)13-23-27(24(26)16-38-25)29(34)31(28(23)33)21-5-3-4-20(14-21)30(35)36/h3-5,7-10,12,14,23-25,27,32,35-36H,6,11,13,15-16H2,1-2H3/b17-12+/t23-,24+,25-,27-/m1/s1. The van der Waals surface area contributed by atoms with Gasteiger partial charge in [0, 0.05) is 13.0 Å². The van der Waals surface area contributed by atoms with Crippen LogP contribution in [-0.4, -0.2) is 60.5 Å². The predicted molar refractivity (Wildman–Crippen MR) is 143 cm³/mol. The number of hydrogen-bond donors (Lipinski definition) is 3. The SMILES string of the molecule is COCC1=C2[C@@H](CC/C(C)=C/c3ccc(O)cc3)OC[C@@H]2[C@@H]2C(=O)N(c3cccc(B(O)O)c3)C(=O)[C@@H]2C1. The average molecular weight is 517 g/mol. The van der Waals surface area contributed by atoms with Crippen molar-refractivity contribution in [1.29, 1.82) is 0 Å². The molecule has 3 aliphatic rings. The van der Waals surface area contributed by atoms with Gasteiger partial charge in [0.2, 0.25) is 11.8 Å². The lowest BCUT2D eigenvalue weighted by Crippen LogP contribution is -2.36. The van der Waals surface area contributed by atoms with Crippen molar-refractivity contribution in [2.24, 2.45) is 17.8 Å². The second-order valence-electron chi connectivity index (χ2n) is 10.4. The highest BCUT2D eigenvalue weighted by atomic mass is 16.5. The smallest absolute Gasteiger partial charge is 0.488 e. The number of hydrogen-bond acceptors (Lipinski definition) is 7. The molecule has 0 bridgehead atoms. The second kappa shape index (κ2) is 10.9. The van der Waals surface area contributed by atoms with Crippen LogP contribution in [0.2, 0.25) is 0 Å². The molecule has 2 amide bonds. The molecule has 0 aromatic heterocycles. The number of carbonyl (C=O) groups is 2. The minimum Gasteiger partial charge on any atom is -0.508 e. The van der Waals surface area contributed by atoms with Crippen LogP contribution < -0.4 is 10.4 Å². The van der Waals surface area contributed by atoms with Crippen LogP contribution in [0.5, 0.6) is 5.75 Å². The Morgan fingerprint density at radius 1 is 1.13 bits per heavy atom. The van der Waals surface area contributed by atoms with Gasteiger partial charge in [-0.1, -0.05) is 35.9 Å². The first-order valence-corrected chi connectivity index (χ1v) is 12.9. The van der Waals surface area contributed by atoms with Crippen LogP contribution in [0.25, 0.3) is 6.08 Å². The monoisotopic (exact) mass is 517 g/mol. The van der Waals surface area contributed by atoms with Crippen molar-refractivity contribution in [2.75, 3.05) is 25.2 Å². The predicted octanol–water partition coefficient (Wildman–Crippen LogP) is 2.42. The summed E-state index contributed by atoms with van der Waals surface area (Å²) in [6.07, 6.45) is 3.92. The first-order chi connectivity index (χ1) is 18.3. The molecule has 2 fully saturated rings. The molecule has 2 aromatic carbocycles. The fourth-order valence-electron chi connectivity index (χ4n) is 6.14. The molecule has 4 atom stereocenters. The number of rotatable bonds is 8. The fourth-order valence-corrected chi connectivity index (χ4v) is 6.14. The Hall–Kier alpha value is -3.24. The minimum atomic E-state index is -1.69. The van der Waals surface area contributed by atoms with E-state index in [0.29, 0.717) is 25.3 Å². The lowest BCUT2D eigenvalue weighted by atomic mass is 9.69. The van der Waals surface area contributed by atoms with E-state index in [9.17, 15) is 24.7 Å². The first kappa shape index (κ1) is 26.4. The summed E-state index contributed by atoms with van der Waals surface area (Å²) in [5, 5.41) is 28.7. The number of allylic oxidation sites excluding steroid dienone is 1. The highest BCUT2D eigenvalue weighted by Gasteiger charge is 2.57. The molecule has 2 aliphatic heterocycles. The first-order valence-electron chi connectivity index (χ1n) is 12.9. The van der Waals surface area contributed by atoms with Crippen molar-refractivity contribution < 1.29 is 34.2 Å². The molecular formula is C29H32BNO7. The van der Waals surface area contributed by atoms with Gasteiger partial charge < -0.3 is 24.6 Å². The van der Waals surface area contributed by atoms with Gasteiger partial charge in [-0.05, 0) is 72.6 Å². The molecule has 2 heterocycles. The van der Waals surface area contributed by atoms with Gasteiger partial charge in [-0.3, -0.25) is 14.5 Å². The summed E-state index contributed by atoms with van der Waals surface area (Å²) in [6.45, 7) is 2.82. The molecule has 5 rings (SSSR count). The Morgan fingerprint density at radius 3 is 2.61 bits per heavy atom. The number of carbonyl (C=O) groups excluding carboxylic acids is 2. The van der Waals surface area contributed by atoms with Crippen LogP contribution >= 0.6 is 0 Å². The third kappa shape index (κ3) is 4.95. The van der Waals surface area contributed by atoms with Gasteiger partial charge in [0.15, 0.2) is 0 Å². The number of phenolic OH excluding ortho intramolecular Hbond substituents is 1. The van der Waals surface area contributed by atoms with E-state index in [0.717, 1.165) is 29.6 Å². The van der Waals surface area contributed by atoms with Gasteiger partial charge in [0.05, 0.1) is 36.8 Å². The Morgan fingerprint density at radius 2 is 1.89 bits per heavy atom. The molecule has 1 aliphatic carbocycles. The average Bonchev–Trinajstić information content (AvgIpc) is 3.43. The van der Waals surface area contributed by atoms with Gasteiger partial charge in [-0.25, -0.2) is 0 Å². The summed E-state index contributed by atoms with van der Waals surface area (Å²) in [5.74, 6) is -1.51. The Kier molecular flexibility index (Phi) is 7.54. The molecule has 2 aromatic rings. The zero-order valence-electron chi connectivity index (χ0n) is 21.5. The van der Waals surface area contributed by atoms with Crippen LogP contribution in [0, 0.1) is 17.8 Å². The highest BCUT2D eigenvalue weighted by molar-refractivity contribution is 6.58. The molecule has 0 saturated carbocycles. The number of nitrogens with zero attached hydrogens (tertiary/aromatic N) is 1. The second-order valence-corrected chi connectivity index (χ2v) is 10.4. The minimum absolute atomic E-state index is 0.154. The van der Waals surface area contributed by atoms with Crippen molar-refractivity contribution in [3.63, 3.8) is 0 Å². The van der Waals surface area contributed by atoms with E-state index in [1.54, 1.807) is 31.4 Å². The van der Waals surface area contributed by atoms with E-state index < -0.39 is 19.0 Å². The number of benzene rings is 2. The third-order valence-corrected chi connectivity index (χ3v) is 7.86. The number of ether oxygens (including phenoxy) is 2. The van der Waals surface area contributed by atoms with Crippen LogP contribution in [0.4, 0.5) is 5.69 Å².